The van der Waals surface area contributed by atoms with Crippen LogP contribution in [0, 0.1) is 6.92 Å². The zero-order valence-corrected chi connectivity index (χ0v) is 11.9. The molecule has 2 N–H and O–H groups in total. The monoisotopic (exact) mass is 279 g/mol. The first kappa shape index (κ1) is 12.3. The summed E-state index contributed by atoms with van der Waals surface area (Å²) in [6.07, 6.45) is 1.11. The summed E-state index contributed by atoms with van der Waals surface area (Å²) in [6.45, 7) is 4.07. The number of aromatic nitrogens is 2. The lowest BCUT2D eigenvalue weighted by Crippen LogP contribution is -2.19. The maximum Gasteiger partial charge on any atom is 0.323 e. The van der Waals surface area contributed by atoms with E-state index in [1.807, 2.05) is 6.07 Å². The van der Waals surface area contributed by atoms with Crippen LogP contribution in [0.5, 0.6) is 0 Å². The Balaban J connectivity index is 1.65. The summed E-state index contributed by atoms with van der Waals surface area (Å²) in [5.74, 6) is 0. The van der Waals surface area contributed by atoms with Gasteiger partial charge in [-0.1, -0.05) is 23.8 Å². The fraction of sp³-hybridized carbons (Fsp3) is 0.235. The van der Waals surface area contributed by atoms with Crippen LogP contribution in [0.25, 0.3) is 11.0 Å². The molecule has 2 heterocycles. The SMILES string of the molecule is Cc1ccc2c(c1)CCN2Cc1ccc2[nH]c(=O)[nH]c2c1. The Hall–Kier alpha value is -2.49. The molecule has 1 aliphatic heterocycles. The topological polar surface area (TPSA) is 51.9 Å². The van der Waals surface area contributed by atoms with Gasteiger partial charge in [0.15, 0.2) is 0 Å². The Bertz CT molecular complexity index is 875. The van der Waals surface area contributed by atoms with Gasteiger partial charge in [-0.15, -0.1) is 0 Å². The molecule has 106 valence electrons. The first-order chi connectivity index (χ1) is 10.2. The number of fused-ring (bicyclic) bond motifs is 2. The Morgan fingerprint density at radius 3 is 2.86 bits per heavy atom. The highest BCUT2D eigenvalue weighted by atomic mass is 16.1. The zero-order valence-electron chi connectivity index (χ0n) is 11.9. The summed E-state index contributed by atoms with van der Waals surface area (Å²) < 4.78 is 0. The molecule has 3 aromatic rings. The van der Waals surface area contributed by atoms with E-state index in [9.17, 15) is 4.79 Å². The number of benzene rings is 2. The smallest absolute Gasteiger partial charge is 0.323 e. The lowest BCUT2D eigenvalue weighted by Gasteiger charge is -2.19. The number of hydrogen-bond donors (Lipinski definition) is 2. The van der Waals surface area contributed by atoms with Crippen molar-refractivity contribution in [3.63, 3.8) is 0 Å². The largest absolute Gasteiger partial charge is 0.367 e. The van der Waals surface area contributed by atoms with Crippen molar-refractivity contribution in [2.24, 2.45) is 0 Å². The van der Waals surface area contributed by atoms with Crippen LogP contribution in [-0.4, -0.2) is 16.5 Å². The third kappa shape index (κ3) is 2.13. The number of anilines is 1. The summed E-state index contributed by atoms with van der Waals surface area (Å²) >= 11 is 0. The third-order valence-corrected chi connectivity index (χ3v) is 4.18. The first-order valence-corrected chi connectivity index (χ1v) is 7.24. The number of nitrogens with one attached hydrogen (secondary N) is 2. The Morgan fingerprint density at radius 1 is 1.10 bits per heavy atom. The molecule has 0 fully saturated rings. The highest BCUT2D eigenvalue weighted by molar-refractivity contribution is 5.75. The molecule has 0 saturated carbocycles. The van der Waals surface area contributed by atoms with Crippen LogP contribution in [0.1, 0.15) is 16.7 Å². The highest BCUT2D eigenvalue weighted by Crippen LogP contribution is 2.30. The molecule has 4 nitrogen and oxygen atoms in total. The fourth-order valence-electron chi connectivity index (χ4n) is 3.16. The van der Waals surface area contributed by atoms with E-state index in [-0.39, 0.29) is 5.69 Å². The number of aromatic amines is 2. The van der Waals surface area contributed by atoms with Crippen molar-refractivity contribution in [3.8, 4) is 0 Å². The van der Waals surface area contributed by atoms with Crippen molar-refractivity contribution in [2.45, 2.75) is 19.9 Å². The van der Waals surface area contributed by atoms with Crippen molar-refractivity contribution < 1.29 is 0 Å². The first-order valence-electron chi connectivity index (χ1n) is 7.24. The lowest BCUT2D eigenvalue weighted by molar-refractivity contribution is 0.837. The average Bonchev–Trinajstić information content (AvgIpc) is 3.01. The van der Waals surface area contributed by atoms with Gasteiger partial charge in [-0.2, -0.15) is 0 Å². The second kappa shape index (κ2) is 4.52. The minimum atomic E-state index is -0.149. The maximum atomic E-state index is 11.3. The number of H-pyrrole nitrogens is 2. The quantitative estimate of drug-likeness (QED) is 0.758. The number of aryl methyl sites for hydroxylation is 1. The molecule has 21 heavy (non-hydrogen) atoms. The Labute approximate surface area is 122 Å². The van der Waals surface area contributed by atoms with Crippen LogP contribution in [0.4, 0.5) is 5.69 Å². The van der Waals surface area contributed by atoms with Crippen LogP contribution in [-0.2, 0) is 13.0 Å². The predicted octanol–water partition coefficient (Wildman–Crippen LogP) is 2.73. The molecule has 0 saturated heterocycles. The van der Waals surface area contributed by atoms with Crippen molar-refractivity contribution >= 4 is 16.7 Å². The van der Waals surface area contributed by atoms with Gasteiger partial charge in [-0.3, -0.25) is 0 Å². The standard InChI is InChI=1S/C17H17N3O/c1-11-2-5-16-13(8-11)6-7-20(16)10-12-3-4-14-15(9-12)19-17(21)18-14/h2-5,8-9H,6-7,10H2,1H3,(H2,18,19,21). The van der Waals surface area contributed by atoms with Crippen LogP contribution in [0.2, 0.25) is 0 Å². The summed E-state index contributed by atoms with van der Waals surface area (Å²) in [5, 5.41) is 0. The predicted molar refractivity (Wildman–Crippen MR) is 84.9 cm³/mol. The van der Waals surface area contributed by atoms with E-state index in [0.717, 1.165) is 30.5 Å². The molecule has 4 rings (SSSR count). The van der Waals surface area contributed by atoms with Crippen molar-refractivity contribution in [1.82, 2.24) is 9.97 Å². The third-order valence-electron chi connectivity index (χ3n) is 4.18. The summed E-state index contributed by atoms with van der Waals surface area (Å²) in [6, 6.07) is 12.8. The van der Waals surface area contributed by atoms with Gasteiger partial charge in [0.05, 0.1) is 11.0 Å². The molecule has 1 aromatic heterocycles. The molecule has 0 atom stereocenters. The Kier molecular flexibility index (Phi) is 2.64. The summed E-state index contributed by atoms with van der Waals surface area (Å²) in [5.41, 5.74) is 6.90. The number of nitrogens with zero attached hydrogens (tertiary/aromatic N) is 1. The molecule has 0 amide bonds. The van der Waals surface area contributed by atoms with Crippen molar-refractivity contribution in [1.29, 1.82) is 0 Å². The van der Waals surface area contributed by atoms with E-state index in [1.54, 1.807) is 0 Å². The van der Waals surface area contributed by atoms with Gasteiger partial charge in [0.25, 0.3) is 0 Å². The molecule has 2 aromatic carbocycles. The summed E-state index contributed by atoms with van der Waals surface area (Å²) in [7, 11) is 0. The van der Waals surface area contributed by atoms with E-state index >= 15 is 0 Å². The second-order valence-electron chi connectivity index (χ2n) is 5.76. The summed E-state index contributed by atoms with van der Waals surface area (Å²) in [4.78, 5) is 19.3. The van der Waals surface area contributed by atoms with Crippen LogP contribution in [0.15, 0.2) is 41.2 Å². The minimum Gasteiger partial charge on any atom is -0.367 e. The van der Waals surface area contributed by atoms with E-state index in [0.29, 0.717) is 0 Å². The van der Waals surface area contributed by atoms with E-state index in [4.69, 9.17) is 0 Å². The minimum absolute atomic E-state index is 0.149. The van der Waals surface area contributed by atoms with Crippen LogP contribution in [0.3, 0.4) is 0 Å². The molecule has 1 aliphatic rings. The molecule has 0 aliphatic carbocycles. The number of imidazole rings is 1. The van der Waals surface area contributed by atoms with E-state index in [2.05, 4.69) is 52.1 Å². The lowest BCUT2D eigenvalue weighted by atomic mass is 10.1. The van der Waals surface area contributed by atoms with Gasteiger partial charge in [0.2, 0.25) is 0 Å². The normalized spacial score (nSPS) is 13.9. The van der Waals surface area contributed by atoms with Gasteiger partial charge < -0.3 is 14.9 Å². The molecule has 0 unspecified atom stereocenters. The molecular weight excluding hydrogens is 262 g/mol. The van der Waals surface area contributed by atoms with Gasteiger partial charge in [0.1, 0.15) is 0 Å². The zero-order chi connectivity index (χ0) is 14.4. The van der Waals surface area contributed by atoms with Gasteiger partial charge in [-0.25, -0.2) is 4.79 Å². The van der Waals surface area contributed by atoms with Crippen molar-refractivity contribution in [3.05, 3.63) is 63.6 Å². The van der Waals surface area contributed by atoms with Gasteiger partial charge in [-0.05, 0) is 42.7 Å². The van der Waals surface area contributed by atoms with E-state index < -0.39 is 0 Å². The average molecular weight is 279 g/mol. The number of hydrogen-bond acceptors (Lipinski definition) is 2. The van der Waals surface area contributed by atoms with Crippen LogP contribution < -0.4 is 10.6 Å². The van der Waals surface area contributed by atoms with E-state index in [1.165, 1.54) is 22.4 Å². The second-order valence-corrected chi connectivity index (χ2v) is 5.76. The molecular formula is C17H17N3O. The molecule has 0 bridgehead atoms. The number of rotatable bonds is 2. The molecule has 0 radical (unpaired) electrons. The fourth-order valence-corrected chi connectivity index (χ4v) is 3.16. The van der Waals surface area contributed by atoms with Crippen LogP contribution >= 0.6 is 0 Å². The Morgan fingerprint density at radius 2 is 1.95 bits per heavy atom. The van der Waals surface area contributed by atoms with Crippen molar-refractivity contribution in [2.75, 3.05) is 11.4 Å². The molecule has 0 spiro atoms. The molecule has 4 heteroatoms. The maximum absolute atomic E-state index is 11.3. The van der Waals surface area contributed by atoms with Gasteiger partial charge >= 0.3 is 5.69 Å². The highest BCUT2D eigenvalue weighted by Gasteiger charge is 2.19. The van der Waals surface area contributed by atoms with Gasteiger partial charge in [0, 0.05) is 18.8 Å².